The summed E-state index contributed by atoms with van der Waals surface area (Å²) in [7, 11) is 1.85. The van der Waals surface area contributed by atoms with Gasteiger partial charge in [-0.3, -0.25) is 9.25 Å². The second kappa shape index (κ2) is 5.96. The Morgan fingerprint density at radius 2 is 2.09 bits per heavy atom. The summed E-state index contributed by atoms with van der Waals surface area (Å²) in [4.78, 5) is 8.38. The molecule has 3 rings (SSSR count). The first-order valence-corrected chi connectivity index (χ1v) is 7.72. The van der Waals surface area contributed by atoms with Gasteiger partial charge in [0.2, 0.25) is 0 Å². The molecule has 0 saturated carbocycles. The molecule has 0 saturated heterocycles. The Bertz CT molecular complexity index is 808. The number of aromatic hydroxyl groups is 1. The summed E-state index contributed by atoms with van der Waals surface area (Å²) in [5.74, 6) is 0. The molecule has 0 radical (unpaired) electrons. The van der Waals surface area contributed by atoms with Crippen LogP contribution >= 0.6 is 11.6 Å². The van der Waals surface area contributed by atoms with Gasteiger partial charge in [-0.1, -0.05) is 31.4 Å². The van der Waals surface area contributed by atoms with Crippen LogP contribution in [0.3, 0.4) is 0 Å². The molecule has 3 aromatic rings. The summed E-state index contributed by atoms with van der Waals surface area (Å²) in [6.45, 7) is 2.83. The molecule has 0 fully saturated rings. The fourth-order valence-electron chi connectivity index (χ4n) is 2.62. The Labute approximate surface area is 133 Å². The molecular formula is C15H18ClN5O. The van der Waals surface area contributed by atoms with Gasteiger partial charge in [-0.2, -0.15) is 10.1 Å². The molecular weight excluding hydrogens is 302 g/mol. The lowest BCUT2D eigenvalue weighted by molar-refractivity contribution is 0.397. The zero-order valence-electron chi connectivity index (χ0n) is 12.6. The highest BCUT2D eigenvalue weighted by atomic mass is 35.5. The fourth-order valence-corrected chi connectivity index (χ4v) is 2.87. The average Bonchev–Trinajstić information content (AvgIpc) is 3.04. The number of pyridine rings is 1. The molecule has 3 heterocycles. The number of hydrogen-bond acceptors (Lipinski definition) is 4. The maximum atomic E-state index is 10.1. The molecule has 0 aliphatic heterocycles. The van der Waals surface area contributed by atoms with Crippen molar-refractivity contribution in [1.82, 2.24) is 24.3 Å². The van der Waals surface area contributed by atoms with Crippen LogP contribution in [0.25, 0.3) is 22.3 Å². The number of halogens is 1. The Morgan fingerprint density at radius 1 is 1.27 bits per heavy atom. The van der Waals surface area contributed by atoms with Crippen LogP contribution < -0.4 is 0 Å². The zero-order valence-corrected chi connectivity index (χ0v) is 13.4. The molecule has 0 atom stereocenters. The largest absolute Gasteiger partial charge is 0.480 e. The molecule has 0 aliphatic carbocycles. The number of rotatable bonds is 5. The zero-order chi connectivity index (χ0) is 15.7. The van der Waals surface area contributed by atoms with E-state index in [2.05, 4.69) is 22.0 Å². The number of fused-ring (bicyclic) bond motifs is 1. The second-order valence-electron chi connectivity index (χ2n) is 5.33. The Hall–Kier alpha value is -2.08. The first-order valence-electron chi connectivity index (χ1n) is 7.34. The topological polar surface area (TPSA) is 68.8 Å². The minimum atomic E-state index is -0.0222. The summed E-state index contributed by atoms with van der Waals surface area (Å²) in [5, 5.41) is 14.9. The maximum Gasteiger partial charge on any atom is 0.296 e. The molecule has 116 valence electrons. The standard InChI is InChI=1S/C15H18ClN5O/c1-3-4-5-6-21-13-12(10-7-18-20(2)9-10)11(16)8-17-14(13)19-15(21)22/h7-9H,3-6H2,1-2H3,(H,17,19,22). The molecule has 1 N–H and O–H groups in total. The van der Waals surface area contributed by atoms with E-state index in [1.165, 1.54) is 0 Å². The van der Waals surface area contributed by atoms with Gasteiger partial charge in [0.05, 0.1) is 16.7 Å². The van der Waals surface area contributed by atoms with Crippen molar-refractivity contribution in [3.8, 4) is 17.1 Å². The lowest BCUT2D eigenvalue weighted by Gasteiger charge is -2.09. The Morgan fingerprint density at radius 3 is 2.77 bits per heavy atom. The third-order valence-electron chi connectivity index (χ3n) is 3.68. The first-order chi connectivity index (χ1) is 10.6. The summed E-state index contributed by atoms with van der Waals surface area (Å²) >= 11 is 6.37. The smallest absolute Gasteiger partial charge is 0.296 e. The van der Waals surface area contributed by atoms with Crippen LogP contribution in [0.2, 0.25) is 5.02 Å². The molecule has 0 aliphatic rings. The van der Waals surface area contributed by atoms with Crippen molar-refractivity contribution in [3.05, 3.63) is 23.6 Å². The molecule has 3 aromatic heterocycles. The normalized spacial score (nSPS) is 11.4. The summed E-state index contributed by atoms with van der Waals surface area (Å²) < 4.78 is 3.50. The maximum absolute atomic E-state index is 10.1. The highest BCUT2D eigenvalue weighted by Crippen LogP contribution is 2.35. The van der Waals surface area contributed by atoms with Crippen LogP contribution in [-0.2, 0) is 13.6 Å². The molecule has 0 unspecified atom stereocenters. The number of nitrogens with zero attached hydrogens (tertiary/aromatic N) is 5. The van der Waals surface area contributed by atoms with E-state index in [1.807, 2.05) is 13.2 Å². The predicted molar refractivity (Wildman–Crippen MR) is 85.9 cm³/mol. The fraction of sp³-hybridized carbons (Fsp3) is 0.400. The number of hydrogen-bond donors (Lipinski definition) is 1. The number of unbranched alkanes of at least 4 members (excludes halogenated alkanes) is 2. The van der Waals surface area contributed by atoms with Crippen molar-refractivity contribution in [1.29, 1.82) is 0 Å². The third kappa shape index (κ3) is 2.54. The van der Waals surface area contributed by atoms with Gasteiger partial charge in [-0.25, -0.2) is 4.98 Å². The Balaban J connectivity index is 2.19. The molecule has 22 heavy (non-hydrogen) atoms. The van der Waals surface area contributed by atoms with Crippen LogP contribution in [0.1, 0.15) is 26.2 Å². The molecule has 0 aromatic carbocycles. The molecule has 0 spiro atoms. The van der Waals surface area contributed by atoms with Crippen molar-refractivity contribution in [2.75, 3.05) is 0 Å². The summed E-state index contributed by atoms with van der Waals surface area (Å²) in [5.41, 5.74) is 2.95. The van der Waals surface area contributed by atoms with Gasteiger partial charge in [-0.15, -0.1) is 0 Å². The Kier molecular flexibility index (Phi) is 4.02. The lowest BCUT2D eigenvalue weighted by atomic mass is 10.1. The van der Waals surface area contributed by atoms with Crippen molar-refractivity contribution in [3.63, 3.8) is 0 Å². The van der Waals surface area contributed by atoms with Crippen LogP contribution in [0.15, 0.2) is 18.6 Å². The summed E-state index contributed by atoms with van der Waals surface area (Å²) in [6, 6.07) is -0.0222. The van der Waals surface area contributed by atoms with E-state index in [-0.39, 0.29) is 6.01 Å². The number of aryl methyl sites for hydroxylation is 2. The highest BCUT2D eigenvalue weighted by molar-refractivity contribution is 6.34. The van der Waals surface area contributed by atoms with Gasteiger partial charge < -0.3 is 5.11 Å². The minimum Gasteiger partial charge on any atom is -0.480 e. The van der Waals surface area contributed by atoms with Crippen LogP contribution in [0.5, 0.6) is 6.01 Å². The molecule has 0 amide bonds. The minimum absolute atomic E-state index is 0.0222. The molecule has 7 heteroatoms. The van der Waals surface area contributed by atoms with E-state index in [1.54, 1.807) is 21.6 Å². The van der Waals surface area contributed by atoms with Gasteiger partial charge in [0.25, 0.3) is 6.01 Å². The van der Waals surface area contributed by atoms with Crippen LogP contribution in [0, 0.1) is 0 Å². The SMILES string of the molecule is CCCCCn1c(O)nc2ncc(Cl)c(-c3cnn(C)c3)c21. The van der Waals surface area contributed by atoms with Crippen molar-refractivity contribution >= 4 is 22.8 Å². The van der Waals surface area contributed by atoms with Crippen LogP contribution in [-0.4, -0.2) is 29.4 Å². The van der Waals surface area contributed by atoms with E-state index < -0.39 is 0 Å². The van der Waals surface area contributed by atoms with E-state index >= 15 is 0 Å². The summed E-state index contributed by atoms with van der Waals surface area (Å²) in [6.07, 6.45) is 8.38. The van der Waals surface area contributed by atoms with E-state index in [9.17, 15) is 5.11 Å². The third-order valence-corrected chi connectivity index (χ3v) is 3.97. The molecule has 0 bridgehead atoms. The van der Waals surface area contributed by atoms with E-state index in [4.69, 9.17) is 11.6 Å². The van der Waals surface area contributed by atoms with Crippen molar-refractivity contribution in [2.24, 2.45) is 7.05 Å². The number of aromatic nitrogens is 5. The van der Waals surface area contributed by atoms with Gasteiger partial charge in [0.1, 0.15) is 0 Å². The van der Waals surface area contributed by atoms with Crippen molar-refractivity contribution < 1.29 is 5.11 Å². The van der Waals surface area contributed by atoms with Crippen LogP contribution in [0.4, 0.5) is 0 Å². The molecule has 6 nitrogen and oxygen atoms in total. The second-order valence-corrected chi connectivity index (χ2v) is 5.73. The van der Waals surface area contributed by atoms with Gasteiger partial charge in [0, 0.05) is 37.1 Å². The highest BCUT2D eigenvalue weighted by Gasteiger charge is 2.19. The van der Waals surface area contributed by atoms with E-state index in [0.29, 0.717) is 17.2 Å². The van der Waals surface area contributed by atoms with E-state index in [0.717, 1.165) is 35.9 Å². The first kappa shape index (κ1) is 14.8. The van der Waals surface area contributed by atoms with Crippen molar-refractivity contribution in [2.45, 2.75) is 32.7 Å². The van der Waals surface area contributed by atoms with Gasteiger partial charge >= 0.3 is 0 Å². The monoisotopic (exact) mass is 319 g/mol. The quantitative estimate of drug-likeness (QED) is 0.732. The average molecular weight is 320 g/mol. The predicted octanol–water partition coefficient (Wildman–Crippen LogP) is 3.38. The lowest BCUT2D eigenvalue weighted by Crippen LogP contribution is -1.99. The number of imidazole rings is 1. The van der Waals surface area contributed by atoms with Gasteiger partial charge in [0.15, 0.2) is 5.65 Å². The van der Waals surface area contributed by atoms with Gasteiger partial charge in [-0.05, 0) is 6.42 Å².